The maximum absolute atomic E-state index is 12.6. The Labute approximate surface area is 129 Å². The summed E-state index contributed by atoms with van der Waals surface area (Å²) >= 11 is 0. The van der Waals surface area contributed by atoms with Crippen molar-refractivity contribution in [3.05, 3.63) is 30.1 Å². The molecule has 120 valence electrons. The third kappa shape index (κ3) is 2.97. The van der Waals surface area contributed by atoms with Crippen molar-refractivity contribution >= 4 is 21.3 Å². The molecule has 0 saturated heterocycles. The van der Waals surface area contributed by atoms with Gasteiger partial charge in [-0.25, -0.2) is 13.4 Å². The molecule has 8 heteroatoms. The Morgan fingerprint density at radius 1 is 1.45 bits per heavy atom. The van der Waals surface area contributed by atoms with Crippen LogP contribution in [-0.2, 0) is 14.6 Å². The number of amides is 1. The normalized spacial score (nSPS) is 13.3. The van der Waals surface area contributed by atoms with E-state index in [1.54, 1.807) is 38.6 Å². The molecule has 1 amide bonds. The standard InChI is InChI=1S/C14H19N3O4S/c1-10(9-21-3)16(2)13(18)12-11-7-5-6-8-17(11)14(15-12)22(4,19)20/h5-8,10H,9H2,1-4H3/t10-/m1/s1. The van der Waals surface area contributed by atoms with Gasteiger partial charge in [-0.1, -0.05) is 6.07 Å². The van der Waals surface area contributed by atoms with Crippen LogP contribution in [0.1, 0.15) is 17.4 Å². The molecule has 0 radical (unpaired) electrons. The summed E-state index contributed by atoms with van der Waals surface area (Å²) < 4.78 is 30.2. The van der Waals surface area contributed by atoms with Gasteiger partial charge in [-0.2, -0.15) is 0 Å². The van der Waals surface area contributed by atoms with Gasteiger partial charge in [0.1, 0.15) is 0 Å². The Balaban J connectivity index is 2.55. The number of carbonyl (C=O) groups excluding carboxylic acids is 1. The predicted molar refractivity (Wildman–Crippen MR) is 81.7 cm³/mol. The van der Waals surface area contributed by atoms with Gasteiger partial charge in [0.05, 0.1) is 18.2 Å². The summed E-state index contributed by atoms with van der Waals surface area (Å²) in [7, 11) is -0.345. The van der Waals surface area contributed by atoms with Gasteiger partial charge in [-0.15, -0.1) is 0 Å². The number of hydrogen-bond acceptors (Lipinski definition) is 5. The van der Waals surface area contributed by atoms with Crippen LogP contribution in [0.25, 0.3) is 5.52 Å². The number of rotatable bonds is 5. The molecule has 0 aliphatic rings. The van der Waals surface area contributed by atoms with Crippen LogP contribution in [0.15, 0.2) is 29.6 Å². The van der Waals surface area contributed by atoms with Crippen molar-refractivity contribution in [2.45, 2.75) is 18.1 Å². The van der Waals surface area contributed by atoms with Crippen molar-refractivity contribution in [1.82, 2.24) is 14.3 Å². The van der Waals surface area contributed by atoms with Gasteiger partial charge in [0.15, 0.2) is 5.69 Å². The van der Waals surface area contributed by atoms with Crippen LogP contribution in [0.5, 0.6) is 0 Å². The molecule has 1 atom stereocenters. The van der Waals surface area contributed by atoms with E-state index >= 15 is 0 Å². The zero-order chi connectivity index (χ0) is 16.5. The Hall–Kier alpha value is -1.93. The first-order valence-corrected chi connectivity index (χ1v) is 8.59. The first-order valence-electron chi connectivity index (χ1n) is 6.70. The second-order valence-electron chi connectivity index (χ2n) is 5.19. The lowest BCUT2D eigenvalue weighted by molar-refractivity contribution is 0.0630. The van der Waals surface area contributed by atoms with E-state index < -0.39 is 9.84 Å². The minimum Gasteiger partial charge on any atom is -0.383 e. The van der Waals surface area contributed by atoms with Crippen LogP contribution in [0.4, 0.5) is 0 Å². The minimum atomic E-state index is -3.54. The molecule has 2 heterocycles. The van der Waals surface area contributed by atoms with Crippen molar-refractivity contribution in [2.24, 2.45) is 0 Å². The van der Waals surface area contributed by atoms with Gasteiger partial charge in [0.25, 0.3) is 5.91 Å². The van der Waals surface area contributed by atoms with E-state index in [0.29, 0.717) is 12.1 Å². The van der Waals surface area contributed by atoms with Gasteiger partial charge in [-0.3, -0.25) is 9.20 Å². The summed E-state index contributed by atoms with van der Waals surface area (Å²) in [6.45, 7) is 2.23. The predicted octanol–water partition coefficient (Wildman–Crippen LogP) is 0.845. The Kier molecular flexibility index (Phi) is 4.52. The van der Waals surface area contributed by atoms with E-state index in [-0.39, 0.29) is 22.8 Å². The smallest absolute Gasteiger partial charge is 0.274 e. The molecule has 7 nitrogen and oxygen atoms in total. The molecular weight excluding hydrogens is 306 g/mol. The van der Waals surface area contributed by atoms with Crippen molar-refractivity contribution in [1.29, 1.82) is 0 Å². The SMILES string of the molecule is COC[C@@H](C)N(C)C(=O)c1nc(S(C)(=O)=O)n2ccccc12. The number of sulfone groups is 1. The van der Waals surface area contributed by atoms with E-state index in [1.807, 2.05) is 6.92 Å². The van der Waals surface area contributed by atoms with Crippen LogP contribution >= 0.6 is 0 Å². The minimum absolute atomic E-state index is 0.117. The Morgan fingerprint density at radius 3 is 2.73 bits per heavy atom. The molecule has 0 fully saturated rings. The summed E-state index contributed by atoms with van der Waals surface area (Å²) in [6.07, 6.45) is 2.65. The largest absolute Gasteiger partial charge is 0.383 e. The van der Waals surface area contributed by atoms with E-state index in [0.717, 1.165) is 6.26 Å². The van der Waals surface area contributed by atoms with Gasteiger partial charge < -0.3 is 9.64 Å². The number of fused-ring (bicyclic) bond motifs is 1. The average molecular weight is 325 g/mol. The zero-order valence-corrected chi connectivity index (χ0v) is 13.8. The number of imidazole rings is 1. The molecule has 0 unspecified atom stereocenters. The number of carbonyl (C=O) groups is 1. The van der Waals surface area contributed by atoms with Crippen molar-refractivity contribution in [3.63, 3.8) is 0 Å². The van der Waals surface area contributed by atoms with E-state index in [9.17, 15) is 13.2 Å². The van der Waals surface area contributed by atoms with Crippen molar-refractivity contribution < 1.29 is 17.9 Å². The fourth-order valence-electron chi connectivity index (χ4n) is 2.15. The first kappa shape index (κ1) is 16.4. The summed E-state index contributed by atoms with van der Waals surface area (Å²) in [6, 6.07) is 4.94. The zero-order valence-electron chi connectivity index (χ0n) is 13.0. The number of hydrogen-bond donors (Lipinski definition) is 0. The topological polar surface area (TPSA) is 81.0 Å². The van der Waals surface area contributed by atoms with E-state index in [1.165, 1.54) is 9.30 Å². The maximum atomic E-state index is 12.6. The first-order chi connectivity index (χ1) is 10.3. The molecule has 0 N–H and O–H groups in total. The number of pyridine rings is 1. The molecule has 0 aliphatic heterocycles. The van der Waals surface area contributed by atoms with Crippen LogP contribution in [-0.4, -0.2) is 61.7 Å². The van der Waals surface area contributed by atoms with Gasteiger partial charge in [0.2, 0.25) is 15.0 Å². The lowest BCUT2D eigenvalue weighted by atomic mass is 10.2. The lowest BCUT2D eigenvalue weighted by Crippen LogP contribution is -2.38. The van der Waals surface area contributed by atoms with Crippen LogP contribution in [0, 0.1) is 0 Å². The van der Waals surface area contributed by atoms with Crippen molar-refractivity contribution in [3.8, 4) is 0 Å². The number of ether oxygens (including phenoxy) is 1. The van der Waals surface area contributed by atoms with Crippen LogP contribution in [0.2, 0.25) is 0 Å². The average Bonchev–Trinajstić information content (AvgIpc) is 2.85. The summed E-state index contributed by atoms with van der Waals surface area (Å²) in [5.41, 5.74) is 0.580. The van der Waals surface area contributed by atoms with Crippen molar-refractivity contribution in [2.75, 3.05) is 27.0 Å². The fourth-order valence-corrected chi connectivity index (χ4v) is 2.92. The third-order valence-electron chi connectivity index (χ3n) is 3.44. The van der Waals surface area contributed by atoms with Crippen LogP contribution < -0.4 is 0 Å². The summed E-state index contributed by atoms with van der Waals surface area (Å²) in [5, 5.41) is -0.140. The molecule has 0 bridgehead atoms. The second kappa shape index (κ2) is 6.05. The molecule has 0 spiro atoms. The molecule has 2 aromatic heterocycles. The third-order valence-corrected chi connectivity index (χ3v) is 4.39. The fraction of sp³-hybridized carbons (Fsp3) is 0.429. The van der Waals surface area contributed by atoms with E-state index in [2.05, 4.69) is 4.98 Å². The van der Waals surface area contributed by atoms with Gasteiger partial charge in [0, 0.05) is 26.6 Å². The van der Waals surface area contributed by atoms with Crippen LogP contribution in [0.3, 0.4) is 0 Å². The number of likely N-dealkylation sites (N-methyl/N-ethyl adjacent to an activating group) is 1. The molecule has 0 saturated carbocycles. The number of nitrogens with zero attached hydrogens (tertiary/aromatic N) is 3. The lowest BCUT2D eigenvalue weighted by Gasteiger charge is -2.23. The van der Waals surface area contributed by atoms with E-state index in [4.69, 9.17) is 4.74 Å². The highest BCUT2D eigenvalue weighted by Crippen LogP contribution is 2.18. The summed E-state index contributed by atoms with van der Waals surface area (Å²) in [5.74, 6) is -0.344. The molecular formula is C14H19N3O4S. The Bertz CT molecular complexity index is 798. The number of methoxy groups -OCH3 is 1. The highest BCUT2D eigenvalue weighted by Gasteiger charge is 2.26. The molecule has 0 aromatic carbocycles. The summed E-state index contributed by atoms with van der Waals surface area (Å²) in [4.78, 5) is 18.2. The second-order valence-corrected chi connectivity index (χ2v) is 7.10. The molecule has 22 heavy (non-hydrogen) atoms. The molecule has 0 aliphatic carbocycles. The molecule has 2 rings (SSSR count). The highest BCUT2D eigenvalue weighted by molar-refractivity contribution is 7.90. The van der Waals surface area contributed by atoms with Gasteiger partial charge in [-0.05, 0) is 19.1 Å². The van der Waals surface area contributed by atoms with Gasteiger partial charge >= 0.3 is 0 Å². The highest BCUT2D eigenvalue weighted by atomic mass is 32.2. The number of aromatic nitrogens is 2. The quantitative estimate of drug-likeness (QED) is 0.814. The monoisotopic (exact) mass is 325 g/mol. The Morgan fingerprint density at radius 2 is 2.14 bits per heavy atom. The maximum Gasteiger partial charge on any atom is 0.274 e. The molecule has 2 aromatic rings.